The lowest BCUT2D eigenvalue weighted by Gasteiger charge is -2.16. The van der Waals surface area contributed by atoms with E-state index >= 15 is 0 Å². The van der Waals surface area contributed by atoms with Gasteiger partial charge in [-0.3, -0.25) is 4.55 Å². The Morgan fingerprint density at radius 3 is 2.27 bits per heavy atom. The summed E-state index contributed by atoms with van der Waals surface area (Å²) in [5.41, 5.74) is 0. The predicted molar refractivity (Wildman–Crippen MR) is 106 cm³/mol. The van der Waals surface area contributed by atoms with E-state index in [0.717, 1.165) is 19.4 Å². The average Bonchev–Trinajstić information content (AvgIpc) is 2.57. The van der Waals surface area contributed by atoms with E-state index in [1.807, 2.05) is 0 Å². The van der Waals surface area contributed by atoms with Gasteiger partial charge >= 0.3 is 0 Å². The molecule has 0 aliphatic carbocycles. The van der Waals surface area contributed by atoms with Crippen molar-refractivity contribution >= 4 is 33.6 Å². The number of anilines is 2. The van der Waals surface area contributed by atoms with Crippen molar-refractivity contribution in [2.75, 3.05) is 36.1 Å². The normalized spacial score (nSPS) is 11.5. The molecule has 10 heteroatoms. The Morgan fingerprint density at radius 2 is 1.65 bits per heavy atom. The second kappa shape index (κ2) is 12.2. The third-order valence-electron chi connectivity index (χ3n) is 3.94. The van der Waals surface area contributed by atoms with Crippen molar-refractivity contribution in [3.05, 3.63) is 5.28 Å². The second-order valence-electron chi connectivity index (χ2n) is 6.34. The highest BCUT2D eigenvalue weighted by molar-refractivity contribution is 7.85. The van der Waals surface area contributed by atoms with Gasteiger partial charge in [0.25, 0.3) is 10.1 Å². The van der Waals surface area contributed by atoms with E-state index in [-0.39, 0.29) is 17.8 Å². The maximum Gasteiger partial charge on any atom is 0.266 e. The summed E-state index contributed by atoms with van der Waals surface area (Å²) in [7, 11) is -2.42. The van der Waals surface area contributed by atoms with Crippen molar-refractivity contribution in [3.63, 3.8) is 0 Å². The Morgan fingerprint density at radius 1 is 1.04 bits per heavy atom. The molecule has 0 bridgehead atoms. The highest BCUT2D eigenvalue weighted by Crippen LogP contribution is 2.13. The molecule has 0 aromatic carbocycles. The molecule has 0 aliphatic heterocycles. The van der Waals surface area contributed by atoms with Gasteiger partial charge in [-0.25, -0.2) is 0 Å². The number of halogens is 1. The van der Waals surface area contributed by atoms with Gasteiger partial charge in [0.15, 0.2) is 0 Å². The van der Waals surface area contributed by atoms with Crippen molar-refractivity contribution in [1.29, 1.82) is 0 Å². The summed E-state index contributed by atoms with van der Waals surface area (Å²) in [6.07, 6.45) is 9.90. The number of hydrogen-bond donors (Lipinski definition) is 2. The molecule has 0 radical (unpaired) electrons. The van der Waals surface area contributed by atoms with Crippen LogP contribution in [-0.4, -0.2) is 53.8 Å². The van der Waals surface area contributed by atoms with E-state index in [0.29, 0.717) is 5.95 Å². The van der Waals surface area contributed by atoms with Crippen LogP contribution in [0.5, 0.6) is 0 Å². The van der Waals surface area contributed by atoms with Crippen molar-refractivity contribution in [3.8, 4) is 0 Å². The fourth-order valence-corrected chi connectivity index (χ4v) is 3.06. The van der Waals surface area contributed by atoms with Gasteiger partial charge < -0.3 is 10.2 Å². The van der Waals surface area contributed by atoms with Crippen LogP contribution in [-0.2, 0) is 10.1 Å². The van der Waals surface area contributed by atoms with Crippen LogP contribution in [0.3, 0.4) is 0 Å². The molecule has 26 heavy (non-hydrogen) atoms. The van der Waals surface area contributed by atoms with Crippen LogP contribution >= 0.6 is 11.6 Å². The Labute approximate surface area is 161 Å². The number of aromatic nitrogens is 3. The fourth-order valence-electron chi connectivity index (χ4n) is 2.40. The molecule has 1 aromatic heterocycles. The number of nitrogens with one attached hydrogen (secondary N) is 1. The first kappa shape index (κ1) is 22.9. The number of rotatable bonds is 14. The van der Waals surface area contributed by atoms with E-state index in [1.54, 1.807) is 7.05 Å². The summed E-state index contributed by atoms with van der Waals surface area (Å²) in [5.74, 6) is 0.210. The highest BCUT2D eigenvalue weighted by Gasteiger charge is 2.12. The van der Waals surface area contributed by atoms with Crippen molar-refractivity contribution in [2.45, 2.75) is 58.3 Å². The zero-order chi connectivity index (χ0) is 19.4. The van der Waals surface area contributed by atoms with Crippen molar-refractivity contribution in [1.82, 2.24) is 15.0 Å². The first-order valence-electron chi connectivity index (χ1n) is 9.13. The van der Waals surface area contributed by atoms with Gasteiger partial charge in [0, 0.05) is 20.1 Å². The molecule has 0 saturated carbocycles. The summed E-state index contributed by atoms with van der Waals surface area (Å²) >= 11 is 5.91. The third kappa shape index (κ3) is 10.7. The first-order chi connectivity index (χ1) is 12.3. The van der Waals surface area contributed by atoms with Crippen LogP contribution in [0.1, 0.15) is 58.3 Å². The van der Waals surface area contributed by atoms with Gasteiger partial charge in [0.1, 0.15) is 0 Å². The van der Waals surface area contributed by atoms with E-state index in [9.17, 15) is 8.42 Å². The van der Waals surface area contributed by atoms with Gasteiger partial charge in [-0.05, 0) is 18.0 Å². The molecule has 0 amide bonds. The molecule has 0 unspecified atom stereocenters. The Balaban J connectivity index is 2.35. The minimum absolute atomic E-state index is 0.0344. The minimum Gasteiger partial charge on any atom is -0.354 e. The van der Waals surface area contributed by atoms with Crippen molar-refractivity contribution in [2.24, 2.45) is 0 Å². The molecule has 8 nitrogen and oxygen atoms in total. The second-order valence-corrected chi connectivity index (χ2v) is 8.25. The van der Waals surface area contributed by atoms with E-state index in [4.69, 9.17) is 16.2 Å². The standard InChI is InChI=1S/C16H30ClN5O3S/c1-3-4-5-6-7-8-9-10-11-18-15-19-14(17)20-16(21-15)22(2)12-13-26(23,24)25/h3-13H2,1-2H3,(H,23,24,25)(H,18,19,20,21). The highest BCUT2D eigenvalue weighted by atomic mass is 35.5. The zero-order valence-corrected chi connectivity index (χ0v) is 17.2. The van der Waals surface area contributed by atoms with Gasteiger partial charge in [-0.1, -0.05) is 51.9 Å². The monoisotopic (exact) mass is 407 g/mol. The fraction of sp³-hybridized carbons (Fsp3) is 0.812. The number of unbranched alkanes of at least 4 members (excludes halogenated alkanes) is 7. The van der Waals surface area contributed by atoms with Crippen LogP contribution in [0, 0.1) is 0 Å². The lowest BCUT2D eigenvalue weighted by molar-refractivity contribution is 0.483. The molecule has 0 spiro atoms. The van der Waals surface area contributed by atoms with Gasteiger partial charge in [0.2, 0.25) is 17.2 Å². The van der Waals surface area contributed by atoms with Crippen LogP contribution in [0.4, 0.5) is 11.9 Å². The number of nitrogens with zero attached hydrogens (tertiary/aromatic N) is 4. The molecule has 1 heterocycles. The quantitative estimate of drug-likeness (QED) is 0.356. The third-order valence-corrected chi connectivity index (χ3v) is 4.80. The maximum atomic E-state index is 10.8. The van der Waals surface area contributed by atoms with Gasteiger partial charge in [0.05, 0.1) is 5.75 Å². The van der Waals surface area contributed by atoms with Gasteiger partial charge in [-0.15, -0.1) is 0 Å². The summed E-state index contributed by atoms with van der Waals surface area (Å²) in [6, 6.07) is 0. The molecular formula is C16H30ClN5O3S. The topological polar surface area (TPSA) is 108 Å². The van der Waals surface area contributed by atoms with Crippen LogP contribution in [0.2, 0.25) is 5.28 Å². The summed E-state index contributed by atoms with van der Waals surface area (Å²) in [5, 5.41) is 3.16. The van der Waals surface area contributed by atoms with Crippen molar-refractivity contribution < 1.29 is 13.0 Å². The molecule has 150 valence electrons. The molecule has 1 rings (SSSR count). The van der Waals surface area contributed by atoms with Crippen LogP contribution in [0.15, 0.2) is 0 Å². The van der Waals surface area contributed by atoms with E-state index in [1.165, 1.54) is 43.4 Å². The summed E-state index contributed by atoms with van der Waals surface area (Å²) in [4.78, 5) is 13.7. The lowest BCUT2D eigenvalue weighted by Crippen LogP contribution is -2.27. The molecular weight excluding hydrogens is 378 g/mol. The first-order valence-corrected chi connectivity index (χ1v) is 11.1. The molecule has 0 fully saturated rings. The lowest BCUT2D eigenvalue weighted by atomic mass is 10.1. The van der Waals surface area contributed by atoms with E-state index < -0.39 is 15.9 Å². The largest absolute Gasteiger partial charge is 0.354 e. The molecule has 1 aromatic rings. The molecule has 2 N–H and O–H groups in total. The SMILES string of the molecule is CCCCCCCCCCNc1nc(Cl)nc(N(C)CCS(=O)(=O)O)n1. The Bertz CT molecular complexity index is 630. The zero-order valence-electron chi connectivity index (χ0n) is 15.6. The maximum absolute atomic E-state index is 10.8. The summed E-state index contributed by atoms with van der Waals surface area (Å²) < 4.78 is 30.5. The molecule has 0 aliphatic rings. The predicted octanol–water partition coefficient (Wildman–Crippen LogP) is 3.40. The minimum atomic E-state index is -4.04. The van der Waals surface area contributed by atoms with Crippen LogP contribution < -0.4 is 10.2 Å². The van der Waals surface area contributed by atoms with Crippen LogP contribution in [0.25, 0.3) is 0 Å². The molecule has 0 saturated heterocycles. The average molecular weight is 408 g/mol. The Hall–Kier alpha value is -1.19. The number of hydrogen-bond acceptors (Lipinski definition) is 7. The molecule has 0 atom stereocenters. The summed E-state index contributed by atoms with van der Waals surface area (Å²) in [6.45, 7) is 3.01. The smallest absolute Gasteiger partial charge is 0.266 e. The Kier molecular flexibility index (Phi) is 10.8. The van der Waals surface area contributed by atoms with Gasteiger partial charge in [-0.2, -0.15) is 23.4 Å². The van der Waals surface area contributed by atoms with E-state index in [2.05, 4.69) is 27.2 Å².